The number of fused-ring (bicyclic) bond motifs is 1. The number of aromatic nitrogens is 4. The van der Waals surface area contributed by atoms with Gasteiger partial charge in [-0.2, -0.15) is 0 Å². The minimum atomic E-state index is -0.136. The summed E-state index contributed by atoms with van der Waals surface area (Å²) in [5.74, 6) is 1.22. The van der Waals surface area contributed by atoms with Gasteiger partial charge in [-0.05, 0) is 5.56 Å². The molecule has 1 saturated heterocycles. The van der Waals surface area contributed by atoms with Gasteiger partial charge in [0.15, 0.2) is 4.96 Å². The summed E-state index contributed by atoms with van der Waals surface area (Å²) in [6, 6.07) is 12.4. The summed E-state index contributed by atoms with van der Waals surface area (Å²) in [7, 11) is 0. The second kappa shape index (κ2) is 8.83. The molecule has 4 heterocycles. The number of amides is 1. The molecule has 5 rings (SSSR count). The lowest BCUT2D eigenvalue weighted by Crippen LogP contribution is -2.46. The number of piperazine rings is 1. The fourth-order valence-corrected chi connectivity index (χ4v) is 4.50. The third-order valence-electron chi connectivity index (χ3n) is 5.35. The Morgan fingerprint density at radius 3 is 2.74 bits per heavy atom. The maximum Gasteiger partial charge on any atom is 0.231 e. The van der Waals surface area contributed by atoms with Crippen molar-refractivity contribution in [2.45, 2.75) is 13.0 Å². The van der Waals surface area contributed by atoms with E-state index in [0.29, 0.717) is 5.82 Å². The van der Waals surface area contributed by atoms with Crippen LogP contribution < -0.4 is 10.2 Å². The van der Waals surface area contributed by atoms with E-state index >= 15 is 0 Å². The highest BCUT2D eigenvalue weighted by atomic mass is 32.1. The van der Waals surface area contributed by atoms with E-state index in [1.54, 1.807) is 11.3 Å². The number of anilines is 2. The lowest BCUT2D eigenvalue weighted by Gasteiger charge is -2.35. The number of nitrogens with one attached hydrogen (secondary N) is 1. The van der Waals surface area contributed by atoms with E-state index in [9.17, 15) is 4.79 Å². The number of hydrogen-bond acceptors (Lipinski definition) is 7. The molecule has 8 nitrogen and oxygen atoms in total. The lowest BCUT2D eigenvalue weighted by atomic mass is 10.2. The standard InChI is InChI=1S/C22H23N7OS/c30-21(12-18-15-29-10-11-31-22(29)25-18)26-19-13-20(24-16-23-19)28-8-6-27(7-9-28)14-17-4-2-1-3-5-17/h1-5,10-11,13,15-16H,6-9,12,14H2,(H,23,24,26,30). The SMILES string of the molecule is O=C(Cc1cn2ccsc2n1)Nc1cc(N2CCN(Cc3ccccc3)CC2)ncn1. The molecule has 0 atom stereocenters. The highest BCUT2D eigenvalue weighted by Gasteiger charge is 2.19. The highest BCUT2D eigenvalue weighted by molar-refractivity contribution is 7.15. The van der Waals surface area contributed by atoms with Crippen molar-refractivity contribution >= 4 is 33.8 Å². The second-order valence-corrected chi connectivity index (χ2v) is 8.43. The van der Waals surface area contributed by atoms with Gasteiger partial charge in [-0.15, -0.1) is 11.3 Å². The monoisotopic (exact) mass is 433 g/mol. The Labute approximate surface area is 184 Å². The van der Waals surface area contributed by atoms with E-state index in [1.165, 1.54) is 11.9 Å². The van der Waals surface area contributed by atoms with Crippen LogP contribution in [0.2, 0.25) is 0 Å². The molecule has 0 aliphatic carbocycles. The zero-order valence-electron chi connectivity index (χ0n) is 17.0. The average molecular weight is 434 g/mol. The van der Waals surface area contributed by atoms with Gasteiger partial charge >= 0.3 is 0 Å². The van der Waals surface area contributed by atoms with Crippen molar-refractivity contribution in [1.82, 2.24) is 24.3 Å². The van der Waals surface area contributed by atoms with Crippen molar-refractivity contribution in [3.63, 3.8) is 0 Å². The maximum absolute atomic E-state index is 12.4. The van der Waals surface area contributed by atoms with Crippen molar-refractivity contribution in [2.75, 3.05) is 36.4 Å². The van der Waals surface area contributed by atoms with Crippen LogP contribution in [0.1, 0.15) is 11.3 Å². The van der Waals surface area contributed by atoms with Crippen LogP contribution in [-0.2, 0) is 17.8 Å². The van der Waals surface area contributed by atoms with E-state index in [4.69, 9.17) is 0 Å². The summed E-state index contributed by atoms with van der Waals surface area (Å²) in [6.07, 6.45) is 5.54. The fourth-order valence-electron chi connectivity index (χ4n) is 3.78. The molecule has 1 fully saturated rings. The van der Waals surface area contributed by atoms with Crippen LogP contribution >= 0.6 is 11.3 Å². The van der Waals surface area contributed by atoms with Crippen LogP contribution in [0.15, 0.2) is 60.5 Å². The minimum absolute atomic E-state index is 0.136. The molecule has 9 heteroatoms. The smallest absolute Gasteiger partial charge is 0.231 e. The molecule has 1 amide bonds. The van der Waals surface area contributed by atoms with E-state index in [1.807, 2.05) is 34.3 Å². The van der Waals surface area contributed by atoms with Gasteiger partial charge in [0, 0.05) is 56.6 Å². The van der Waals surface area contributed by atoms with Crippen molar-refractivity contribution in [3.8, 4) is 0 Å². The number of thiazole rings is 1. The summed E-state index contributed by atoms with van der Waals surface area (Å²) in [5.41, 5.74) is 2.08. The highest BCUT2D eigenvalue weighted by Crippen LogP contribution is 2.18. The van der Waals surface area contributed by atoms with Crippen molar-refractivity contribution in [2.24, 2.45) is 0 Å². The Morgan fingerprint density at radius 1 is 1.10 bits per heavy atom. The quantitative estimate of drug-likeness (QED) is 0.504. The molecule has 1 aromatic carbocycles. The summed E-state index contributed by atoms with van der Waals surface area (Å²) in [4.78, 5) is 31.1. The first-order valence-electron chi connectivity index (χ1n) is 10.3. The molecule has 0 unspecified atom stereocenters. The third-order valence-corrected chi connectivity index (χ3v) is 6.12. The fraction of sp³-hybridized carbons (Fsp3) is 0.273. The number of rotatable bonds is 6. The molecule has 0 spiro atoms. The van der Waals surface area contributed by atoms with E-state index in [0.717, 1.165) is 49.2 Å². The molecule has 0 bridgehead atoms. The Morgan fingerprint density at radius 2 is 1.94 bits per heavy atom. The van der Waals surface area contributed by atoms with Gasteiger partial charge in [-0.25, -0.2) is 15.0 Å². The van der Waals surface area contributed by atoms with Crippen LogP contribution in [-0.4, -0.2) is 56.3 Å². The van der Waals surface area contributed by atoms with Gasteiger partial charge in [-0.3, -0.25) is 14.1 Å². The molecule has 158 valence electrons. The molecule has 1 aliphatic rings. The summed E-state index contributed by atoms with van der Waals surface area (Å²) in [5, 5.41) is 4.84. The molecule has 1 N–H and O–H groups in total. The molecule has 3 aromatic heterocycles. The zero-order chi connectivity index (χ0) is 21.0. The Kier molecular flexibility index (Phi) is 5.59. The molecular weight excluding hydrogens is 410 g/mol. The van der Waals surface area contributed by atoms with Gasteiger partial charge in [-0.1, -0.05) is 30.3 Å². The lowest BCUT2D eigenvalue weighted by molar-refractivity contribution is -0.115. The average Bonchev–Trinajstić information content (AvgIpc) is 3.37. The molecule has 0 saturated carbocycles. The van der Waals surface area contributed by atoms with Gasteiger partial charge in [0.2, 0.25) is 5.91 Å². The largest absolute Gasteiger partial charge is 0.354 e. The van der Waals surface area contributed by atoms with Crippen LogP contribution in [0.5, 0.6) is 0 Å². The number of hydrogen-bond donors (Lipinski definition) is 1. The summed E-state index contributed by atoms with van der Waals surface area (Å²) >= 11 is 1.55. The van der Waals surface area contributed by atoms with Gasteiger partial charge in [0.25, 0.3) is 0 Å². The van der Waals surface area contributed by atoms with Crippen molar-refractivity contribution in [1.29, 1.82) is 0 Å². The molecule has 1 aliphatic heterocycles. The summed E-state index contributed by atoms with van der Waals surface area (Å²) < 4.78 is 1.92. The number of imidazole rings is 1. The zero-order valence-corrected chi connectivity index (χ0v) is 17.8. The molecule has 4 aromatic rings. The number of nitrogens with zero attached hydrogens (tertiary/aromatic N) is 6. The van der Waals surface area contributed by atoms with Crippen LogP contribution in [0.3, 0.4) is 0 Å². The Bertz CT molecular complexity index is 1140. The van der Waals surface area contributed by atoms with Crippen LogP contribution in [0.4, 0.5) is 11.6 Å². The first-order valence-corrected chi connectivity index (χ1v) is 11.1. The topological polar surface area (TPSA) is 78.7 Å². The van der Waals surface area contributed by atoms with Crippen LogP contribution in [0, 0.1) is 0 Å². The second-order valence-electron chi connectivity index (χ2n) is 7.56. The Hall–Kier alpha value is -3.30. The number of carbonyl (C=O) groups is 1. The third kappa shape index (κ3) is 4.73. The number of carbonyl (C=O) groups excluding carboxylic acids is 1. The van der Waals surface area contributed by atoms with E-state index in [2.05, 4.69) is 54.3 Å². The predicted molar refractivity (Wildman–Crippen MR) is 121 cm³/mol. The van der Waals surface area contributed by atoms with Gasteiger partial charge in [0.1, 0.15) is 18.0 Å². The Balaban J connectivity index is 1.16. The normalized spacial score (nSPS) is 14.8. The molecule has 31 heavy (non-hydrogen) atoms. The molecule has 0 radical (unpaired) electrons. The predicted octanol–water partition coefficient (Wildman–Crippen LogP) is 2.69. The maximum atomic E-state index is 12.4. The van der Waals surface area contributed by atoms with E-state index in [-0.39, 0.29) is 12.3 Å². The van der Waals surface area contributed by atoms with Crippen molar-refractivity contribution in [3.05, 3.63) is 71.8 Å². The summed E-state index contributed by atoms with van der Waals surface area (Å²) in [6.45, 7) is 4.69. The van der Waals surface area contributed by atoms with Gasteiger partial charge in [0.05, 0.1) is 12.1 Å². The van der Waals surface area contributed by atoms with E-state index < -0.39 is 0 Å². The van der Waals surface area contributed by atoms with Gasteiger partial charge < -0.3 is 10.2 Å². The first-order chi connectivity index (χ1) is 15.2. The molecular formula is C22H23N7OS. The van der Waals surface area contributed by atoms with Crippen molar-refractivity contribution < 1.29 is 4.79 Å². The van der Waals surface area contributed by atoms with Crippen LogP contribution in [0.25, 0.3) is 4.96 Å². The minimum Gasteiger partial charge on any atom is -0.354 e. The first kappa shape index (κ1) is 19.7. The number of benzene rings is 1.